The van der Waals surface area contributed by atoms with Crippen LogP contribution >= 0.6 is 0 Å². The Morgan fingerprint density at radius 3 is 2.37 bits per heavy atom. The molecule has 2 unspecified atom stereocenters. The van der Waals surface area contributed by atoms with E-state index in [1.54, 1.807) is 12.1 Å². The molecule has 2 rings (SSSR count). The van der Waals surface area contributed by atoms with E-state index in [1.165, 1.54) is 0 Å². The molecule has 0 aromatic heterocycles. The molecule has 0 aliphatic heterocycles. The standard InChI is InChI=1S/C15H22O3S/c1-11(2)12-6-8-14(9-7-12)19(17,18)15-5-3-4-13(15)10-16/h6-9,11,13,15-16H,3-5,10H2,1-2H3. The van der Waals surface area contributed by atoms with Crippen molar-refractivity contribution in [2.45, 2.75) is 49.2 Å². The molecule has 0 saturated heterocycles. The lowest BCUT2D eigenvalue weighted by Gasteiger charge is -2.18. The van der Waals surface area contributed by atoms with Gasteiger partial charge in [0.25, 0.3) is 0 Å². The van der Waals surface area contributed by atoms with Crippen LogP contribution in [0.15, 0.2) is 29.2 Å². The van der Waals surface area contributed by atoms with E-state index in [-0.39, 0.29) is 12.5 Å². The SMILES string of the molecule is CC(C)c1ccc(S(=O)(=O)C2CCCC2CO)cc1. The summed E-state index contributed by atoms with van der Waals surface area (Å²) in [6, 6.07) is 7.19. The molecule has 106 valence electrons. The smallest absolute Gasteiger partial charge is 0.181 e. The number of aliphatic hydroxyl groups is 1. The molecule has 0 bridgehead atoms. The minimum atomic E-state index is -3.30. The van der Waals surface area contributed by atoms with Gasteiger partial charge in [-0.15, -0.1) is 0 Å². The van der Waals surface area contributed by atoms with Gasteiger partial charge in [0.05, 0.1) is 10.1 Å². The first-order chi connectivity index (χ1) is 8.96. The Morgan fingerprint density at radius 1 is 1.21 bits per heavy atom. The third kappa shape index (κ3) is 2.84. The lowest BCUT2D eigenvalue weighted by molar-refractivity contribution is 0.230. The molecule has 0 radical (unpaired) electrons. The van der Waals surface area contributed by atoms with E-state index in [0.29, 0.717) is 17.2 Å². The van der Waals surface area contributed by atoms with Gasteiger partial charge in [0, 0.05) is 6.61 Å². The molecule has 0 amide bonds. The van der Waals surface area contributed by atoms with Crippen LogP contribution in [-0.4, -0.2) is 25.4 Å². The predicted octanol–water partition coefficient (Wildman–Crippen LogP) is 2.74. The monoisotopic (exact) mass is 282 g/mol. The van der Waals surface area contributed by atoms with Crippen molar-refractivity contribution in [2.24, 2.45) is 5.92 Å². The fourth-order valence-corrected chi connectivity index (χ4v) is 4.91. The second-order valence-corrected chi connectivity index (χ2v) is 7.85. The summed E-state index contributed by atoms with van der Waals surface area (Å²) in [5, 5.41) is 8.88. The third-order valence-electron chi connectivity index (χ3n) is 4.10. The van der Waals surface area contributed by atoms with Gasteiger partial charge < -0.3 is 5.11 Å². The maximum Gasteiger partial charge on any atom is 0.181 e. The van der Waals surface area contributed by atoms with E-state index in [2.05, 4.69) is 13.8 Å². The Morgan fingerprint density at radius 2 is 1.84 bits per heavy atom. The highest BCUT2D eigenvalue weighted by atomic mass is 32.2. The summed E-state index contributed by atoms with van der Waals surface area (Å²) in [7, 11) is -3.30. The Bertz CT molecular complexity index is 517. The van der Waals surface area contributed by atoms with E-state index in [1.807, 2.05) is 12.1 Å². The van der Waals surface area contributed by atoms with E-state index in [9.17, 15) is 13.5 Å². The van der Waals surface area contributed by atoms with Gasteiger partial charge in [0.1, 0.15) is 0 Å². The van der Waals surface area contributed by atoms with Crippen molar-refractivity contribution in [3.8, 4) is 0 Å². The van der Waals surface area contributed by atoms with E-state index >= 15 is 0 Å². The minimum Gasteiger partial charge on any atom is -0.396 e. The Kier molecular flexibility index (Phi) is 4.31. The van der Waals surface area contributed by atoms with Crippen LogP contribution in [-0.2, 0) is 9.84 Å². The van der Waals surface area contributed by atoms with Crippen molar-refractivity contribution in [1.29, 1.82) is 0 Å². The summed E-state index contributed by atoms with van der Waals surface area (Å²) in [6.07, 6.45) is 2.36. The fourth-order valence-electron chi connectivity index (χ4n) is 2.84. The molecule has 1 N–H and O–H groups in total. The third-order valence-corrected chi connectivity index (χ3v) is 6.44. The van der Waals surface area contributed by atoms with Crippen LogP contribution in [0, 0.1) is 5.92 Å². The second kappa shape index (κ2) is 5.63. The summed E-state index contributed by atoms with van der Waals surface area (Å²) in [4.78, 5) is 0.391. The highest BCUT2D eigenvalue weighted by Crippen LogP contribution is 2.34. The van der Waals surface area contributed by atoms with Crippen molar-refractivity contribution in [2.75, 3.05) is 6.61 Å². The number of benzene rings is 1. The fraction of sp³-hybridized carbons (Fsp3) is 0.600. The lowest BCUT2D eigenvalue weighted by atomic mass is 10.0. The number of sulfone groups is 1. The first-order valence-electron chi connectivity index (χ1n) is 6.91. The van der Waals surface area contributed by atoms with Crippen LogP contribution in [0.25, 0.3) is 0 Å². The van der Waals surface area contributed by atoms with Crippen LogP contribution in [0.3, 0.4) is 0 Å². The summed E-state index contributed by atoms with van der Waals surface area (Å²) >= 11 is 0. The predicted molar refractivity (Wildman–Crippen MR) is 75.9 cm³/mol. The van der Waals surface area contributed by atoms with E-state index in [0.717, 1.165) is 18.4 Å². The number of aliphatic hydroxyl groups excluding tert-OH is 1. The van der Waals surface area contributed by atoms with Crippen LogP contribution < -0.4 is 0 Å². The van der Waals surface area contributed by atoms with Gasteiger partial charge in [-0.2, -0.15) is 0 Å². The molecule has 0 heterocycles. The Hall–Kier alpha value is -0.870. The summed E-state index contributed by atoms with van der Waals surface area (Å²) in [5.41, 5.74) is 1.14. The quantitative estimate of drug-likeness (QED) is 0.924. The van der Waals surface area contributed by atoms with Crippen LogP contribution in [0.5, 0.6) is 0 Å². The van der Waals surface area contributed by atoms with Crippen LogP contribution in [0.1, 0.15) is 44.6 Å². The molecule has 1 aliphatic rings. The summed E-state index contributed by atoms with van der Waals surface area (Å²) in [6.45, 7) is 4.14. The van der Waals surface area contributed by atoms with Crippen molar-refractivity contribution < 1.29 is 13.5 Å². The second-order valence-electron chi connectivity index (χ2n) is 5.68. The Labute approximate surface area is 115 Å². The Balaban J connectivity index is 2.29. The zero-order valence-corrected chi connectivity index (χ0v) is 12.4. The topological polar surface area (TPSA) is 54.4 Å². The normalized spacial score (nSPS) is 24.0. The van der Waals surface area contributed by atoms with Gasteiger partial charge in [-0.25, -0.2) is 8.42 Å². The molecule has 1 aliphatic carbocycles. The van der Waals surface area contributed by atoms with E-state index in [4.69, 9.17) is 0 Å². The van der Waals surface area contributed by atoms with Crippen molar-refractivity contribution in [1.82, 2.24) is 0 Å². The number of hydrogen-bond donors (Lipinski definition) is 1. The van der Waals surface area contributed by atoms with Gasteiger partial charge >= 0.3 is 0 Å². The van der Waals surface area contributed by atoms with Crippen LogP contribution in [0.4, 0.5) is 0 Å². The first-order valence-corrected chi connectivity index (χ1v) is 8.46. The average Bonchev–Trinajstić information content (AvgIpc) is 2.87. The van der Waals surface area contributed by atoms with Crippen molar-refractivity contribution in [3.05, 3.63) is 29.8 Å². The molecule has 2 atom stereocenters. The minimum absolute atomic E-state index is 0.0338. The van der Waals surface area contributed by atoms with Gasteiger partial charge in [0.15, 0.2) is 9.84 Å². The van der Waals surface area contributed by atoms with Crippen molar-refractivity contribution in [3.63, 3.8) is 0 Å². The van der Waals surface area contributed by atoms with Crippen LogP contribution in [0.2, 0.25) is 0 Å². The molecule has 1 aromatic rings. The van der Waals surface area contributed by atoms with Crippen molar-refractivity contribution >= 4 is 9.84 Å². The highest BCUT2D eigenvalue weighted by molar-refractivity contribution is 7.92. The van der Waals surface area contributed by atoms with Gasteiger partial charge in [-0.3, -0.25) is 0 Å². The van der Waals surface area contributed by atoms with Gasteiger partial charge in [0.2, 0.25) is 0 Å². The highest BCUT2D eigenvalue weighted by Gasteiger charge is 2.37. The maximum absolute atomic E-state index is 12.6. The molecule has 19 heavy (non-hydrogen) atoms. The molecule has 1 fully saturated rings. The van der Waals surface area contributed by atoms with Gasteiger partial charge in [-0.1, -0.05) is 32.4 Å². The zero-order chi connectivity index (χ0) is 14.0. The lowest BCUT2D eigenvalue weighted by Crippen LogP contribution is -2.27. The molecule has 1 aromatic carbocycles. The molecular weight excluding hydrogens is 260 g/mol. The summed E-state index contributed by atoms with van der Waals surface area (Å²) in [5.74, 6) is 0.295. The molecular formula is C15H22O3S. The molecule has 4 heteroatoms. The van der Waals surface area contributed by atoms with Gasteiger partial charge in [-0.05, 0) is 42.4 Å². The first kappa shape index (κ1) is 14.5. The molecule has 0 spiro atoms. The largest absolute Gasteiger partial charge is 0.396 e. The molecule has 1 saturated carbocycles. The maximum atomic E-state index is 12.6. The number of hydrogen-bond acceptors (Lipinski definition) is 3. The summed E-state index contributed by atoms with van der Waals surface area (Å²) < 4.78 is 25.1. The average molecular weight is 282 g/mol. The zero-order valence-electron chi connectivity index (χ0n) is 11.5. The van der Waals surface area contributed by atoms with E-state index < -0.39 is 15.1 Å². The number of rotatable bonds is 4. The molecule has 3 nitrogen and oxygen atoms in total.